The minimum absolute atomic E-state index is 0.0208. The van der Waals surface area contributed by atoms with Crippen molar-refractivity contribution in [1.82, 2.24) is 15.0 Å². The minimum atomic E-state index is -0.151. The van der Waals surface area contributed by atoms with Crippen molar-refractivity contribution in [2.45, 2.75) is 18.9 Å². The minimum Gasteiger partial charge on any atom is -0.497 e. The zero-order chi connectivity index (χ0) is 20.5. The summed E-state index contributed by atoms with van der Waals surface area (Å²) in [5.41, 5.74) is 1.14. The smallest absolute Gasteiger partial charge is 0.276 e. The van der Waals surface area contributed by atoms with Gasteiger partial charge in [0.05, 0.1) is 23.6 Å². The molecule has 4 aromatic rings. The SMILES string of the molecule is COc1ccc2sc(OC3CCN(C(=O)c4cc(-c5ccco5)on4)CC3)nc2c1. The Kier molecular flexibility index (Phi) is 4.88. The second kappa shape index (κ2) is 7.83. The highest BCUT2D eigenvalue weighted by Gasteiger charge is 2.27. The van der Waals surface area contributed by atoms with E-state index in [9.17, 15) is 4.79 Å². The predicted molar refractivity (Wildman–Crippen MR) is 110 cm³/mol. The summed E-state index contributed by atoms with van der Waals surface area (Å²) in [7, 11) is 1.64. The predicted octanol–water partition coefficient (Wildman–Crippen LogP) is 4.24. The van der Waals surface area contributed by atoms with Gasteiger partial charge in [0.1, 0.15) is 11.9 Å². The molecule has 3 aromatic heterocycles. The van der Waals surface area contributed by atoms with Crippen molar-refractivity contribution >= 4 is 27.5 Å². The first-order valence-corrected chi connectivity index (χ1v) is 10.4. The number of thiazole rings is 1. The molecular weight excluding hydrogens is 406 g/mol. The van der Waals surface area contributed by atoms with Crippen LogP contribution in [0.25, 0.3) is 21.7 Å². The maximum Gasteiger partial charge on any atom is 0.276 e. The van der Waals surface area contributed by atoms with Crippen LogP contribution in [0.1, 0.15) is 23.3 Å². The van der Waals surface area contributed by atoms with Gasteiger partial charge in [0, 0.05) is 38.1 Å². The fourth-order valence-corrected chi connectivity index (χ4v) is 4.32. The molecule has 154 valence electrons. The average Bonchev–Trinajstić information content (AvgIpc) is 3.53. The highest BCUT2D eigenvalue weighted by atomic mass is 32.1. The molecule has 0 radical (unpaired) electrons. The highest BCUT2D eigenvalue weighted by molar-refractivity contribution is 7.20. The molecule has 0 N–H and O–H groups in total. The Morgan fingerprint density at radius 1 is 1.20 bits per heavy atom. The van der Waals surface area contributed by atoms with Crippen molar-refractivity contribution in [2.24, 2.45) is 0 Å². The maximum atomic E-state index is 12.7. The number of methoxy groups -OCH3 is 1. The number of fused-ring (bicyclic) bond motifs is 1. The van der Waals surface area contributed by atoms with Crippen molar-refractivity contribution in [2.75, 3.05) is 20.2 Å². The third kappa shape index (κ3) is 3.63. The number of piperidine rings is 1. The first-order valence-electron chi connectivity index (χ1n) is 9.61. The van der Waals surface area contributed by atoms with Crippen molar-refractivity contribution in [1.29, 1.82) is 0 Å². The van der Waals surface area contributed by atoms with Crippen LogP contribution in [0.3, 0.4) is 0 Å². The van der Waals surface area contributed by atoms with Gasteiger partial charge in [-0.3, -0.25) is 4.79 Å². The molecule has 4 heterocycles. The Hall–Kier alpha value is -3.33. The van der Waals surface area contributed by atoms with Crippen LogP contribution in [0.5, 0.6) is 10.9 Å². The van der Waals surface area contributed by atoms with Gasteiger partial charge in [-0.2, -0.15) is 0 Å². The van der Waals surface area contributed by atoms with E-state index in [4.69, 9.17) is 18.4 Å². The number of likely N-dealkylation sites (tertiary alicyclic amines) is 1. The number of rotatable bonds is 5. The number of furan rings is 1. The molecule has 0 aliphatic carbocycles. The number of aromatic nitrogens is 2. The lowest BCUT2D eigenvalue weighted by Crippen LogP contribution is -2.41. The molecule has 1 aromatic carbocycles. The lowest BCUT2D eigenvalue weighted by molar-refractivity contribution is 0.0586. The highest BCUT2D eigenvalue weighted by Crippen LogP contribution is 2.32. The van der Waals surface area contributed by atoms with E-state index in [1.807, 2.05) is 18.2 Å². The zero-order valence-corrected chi connectivity index (χ0v) is 17.1. The van der Waals surface area contributed by atoms with Gasteiger partial charge in [0.15, 0.2) is 11.5 Å². The summed E-state index contributed by atoms with van der Waals surface area (Å²) in [6, 6.07) is 10.9. The van der Waals surface area contributed by atoms with E-state index in [1.54, 1.807) is 36.5 Å². The van der Waals surface area contributed by atoms with Crippen LogP contribution >= 0.6 is 11.3 Å². The molecule has 0 bridgehead atoms. The molecule has 5 rings (SSSR count). The number of benzene rings is 1. The molecule has 8 nitrogen and oxygen atoms in total. The van der Waals surface area contributed by atoms with Crippen LogP contribution in [0.2, 0.25) is 0 Å². The summed E-state index contributed by atoms with van der Waals surface area (Å²) in [4.78, 5) is 19.1. The quantitative estimate of drug-likeness (QED) is 0.472. The van der Waals surface area contributed by atoms with E-state index in [-0.39, 0.29) is 17.7 Å². The van der Waals surface area contributed by atoms with Crippen molar-refractivity contribution < 1.29 is 23.2 Å². The molecule has 1 amide bonds. The second-order valence-electron chi connectivity index (χ2n) is 6.98. The van der Waals surface area contributed by atoms with Gasteiger partial charge in [0.25, 0.3) is 11.1 Å². The molecule has 0 saturated carbocycles. The molecule has 0 spiro atoms. The molecule has 30 heavy (non-hydrogen) atoms. The molecule has 1 aliphatic heterocycles. The van der Waals surface area contributed by atoms with Gasteiger partial charge in [-0.1, -0.05) is 16.5 Å². The number of amides is 1. The van der Waals surface area contributed by atoms with E-state index in [0.717, 1.165) is 28.8 Å². The summed E-state index contributed by atoms with van der Waals surface area (Å²) < 4.78 is 22.9. The second-order valence-corrected chi connectivity index (χ2v) is 7.97. The number of nitrogens with zero attached hydrogens (tertiary/aromatic N) is 3. The van der Waals surface area contributed by atoms with Crippen molar-refractivity contribution in [3.63, 3.8) is 0 Å². The van der Waals surface area contributed by atoms with Crippen LogP contribution < -0.4 is 9.47 Å². The number of hydrogen-bond donors (Lipinski definition) is 0. The first-order chi connectivity index (χ1) is 14.7. The van der Waals surface area contributed by atoms with Crippen molar-refractivity contribution in [3.05, 3.63) is 48.4 Å². The van der Waals surface area contributed by atoms with Crippen LogP contribution in [0, 0.1) is 0 Å². The largest absolute Gasteiger partial charge is 0.497 e. The van der Waals surface area contributed by atoms with Gasteiger partial charge in [0.2, 0.25) is 5.76 Å². The monoisotopic (exact) mass is 425 g/mol. The fourth-order valence-electron chi connectivity index (χ4n) is 3.46. The zero-order valence-electron chi connectivity index (χ0n) is 16.2. The lowest BCUT2D eigenvalue weighted by atomic mass is 10.1. The number of carbonyl (C=O) groups is 1. The van der Waals surface area contributed by atoms with Crippen LogP contribution in [-0.4, -0.2) is 47.3 Å². The molecule has 0 atom stereocenters. The summed E-state index contributed by atoms with van der Waals surface area (Å²) in [5.74, 6) is 1.60. The Morgan fingerprint density at radius 3 is 2.83 bits per heavy atom. The topological polar surface area (TPSA) is 90.8 Å². The van der Waals surface area contributed by atoms with Gasteiger partial charge in [-0.05, 0) is 24.3 Å². The number of hydrogen-bond acceptors (Lipinski definition) is 8. The summed E-state index contributed by atoms with van der Waals surface area (Å²) in [6.45, 7) is 1.18. The van der Waals surface area contributed by atoms with Crippen LogP contribution in [0.15, 0.2) is 51.6 Å². The molecule has 9 heteroatoms. The Balaban J connectivity index is 1.19. The summed E-state index contributed by atoms with van der Waals surface area (Å²) in [5, 5.41) is 4.54. The van der Waals surface area contributed by atoms with E-state index in [2.05, 4.69) is 10.1 Å². The van der Waals surface area contributed by atoms with Gasteiger partial charge >= 0.3 is 0 Å². The first kappa shape index (κ1) is 18.7. The van der Waals surface area contributed by atoms with Gasteiger partial charge in [-0.25, -0.2) is 4.98 Å². The van der Waals surface area contributed by atoms with Crippen molar-refractivity contribution in [3.8, 4) is 22.5 Å². The average molecular weight is 425 g/mol. The summed E-state index contributed by atoms with van der Waals surface area (Å²) >= 11 is 1.51. The third-order valence-corrected chi connectivity index (χ3v) is 5.99. The Bertz CT molecular complexity index is 1160. The Morgan fingerprint density at radius 2 is 2.07 bits per heavy atom. The number of ether oxygens (including phenoxy) is 2. The van der Waals surface area contributed by atoms with E-state index >= 15 is 0 Å². The molecule has 1 aliphatic rings. The lowest BCUT2D eigenvalue weighted by Gasteiger charge is -2.31. The van der Waals surface area contributed by atoms with Gasteiger partial charge in [-0.15, -0.1) is 0 Å². The fraction of sp³-hybridized carbons (Fsp3) is 0.286. The van der Waals surface area contributed by atoms with E-state index in [0.29, 0.717) is 29.8 Å². The molecule has 0 unspecified atom stereocenters. The Labute approximate surface area is 176 Å². The standard InChI is InChI=1S/C21H19N3O5S/c1-26-14-4-5-19-15(11-14)22-21(30-19)28-13-6-8-24(9-7-13)20(25)16-12-18(29-23-16)17-3-2-10-27-17/h2-5,10-13H,6-9H2,1H3. The normalized spacial score (nSPS) is 14.9. The molecular formula is C21H19N3O5S. The van der Waals surface area contributed by atoms with E-state index in [1.165, 1.54) is 11.3 Å². The maximum absolute atomic E-state index is 12.7. The van der Waals surface area contributed by atoms with Crippen LogP contribution in [-0.2, 0) is 0 Å². The van der Waals surface area contributed by atoms with Gasteiger partial charge < -0.3 is 23.3 Å². The van der Waals surface area contributed by atoms with E-state index < -0.39 is 0 Å². The van der Waals surface area contributed by atoms with Crippen LogP contribution in [0.4, 0.5) is 0 Å². The number of carbonyl (C=O) groups excluding carboxylic acids is 1. The summed E-state index contributed by atoms with van der Waals surface area (Å²) in [6.07, 6.45) is 3.03. The molecule has 1 fully saturated rings. The molecule has 1 saturated heterocycles. The third-order valence-electron chi connectivity index (χ3n) is 5.07.